The number of rotatable bonds is 3. The van der Waals surface area contributed by atoms with E-state index in [0.29, 0.717) is 29.8 Å². The second-order valence-corrected chi connectivity index (χ2v) is 7.77. The molecule has 4 heterocycles. The summed E-state index contributed by atoms with van der Waals surface area (Å²) < 4.78 is 10.8. The van der Waals surface area contributed by atoms with Gasteiger partial charge in [0.05, 0.1) is 16.4 Å². The first-order valence-corrected chi connectivity index (χ1v) is 9.69. The Hall–Kier alpha value is -1.99. The molecule has 0 unspecified atom stereocenters. The summed E-state index contributed by atoms with van der Waals surface area (Å²) in [7, 11) is 0. The van der Waals surface area contributed by atoms with E-state index >= 15 is 0 Å². The van der Waals surface area contributed by atoms with Crippen molar-refractivity contribution >= 4 is 29.0 Å². The van der Waals surface area contributed by atoms with Crippen LogP contribution < -0.4 is 0 Å². The predicted octanol–water partition coefficient (Wildman–Crippen LogP) is 4.32. The topological polar surface area (TPSA) is 59.5 Å². The Balaban J connectivity index is 1.45. The van der Waals surface area contributed by atoms with Gasteiger partial charge in [-0.25, -0.2) is 0 Å². The molecule has 1 saturated heterocycles. The number of thiophene rings is 1. The van der Waals surface area contributed by atoms with Gasteiger partial charge in [-0.15, -0.1) is 23.1 Å². The van der Waals surface area contributed by atoms with Crippen LogP contribution in [0.5, 0.6) is 0 Å². The van der Waals surface area contributed by atoms with Crippen LogP contribution in [0.1, 0.15) is 27.9 Å². The molecule has 1 atom stereocenters. The molecule has 0 radical (unpaired) electrons. The number of hydrogen-bond acceptors (Lipinski definition) is 6. The van der Waals surface area contributed by atoms with E-state index in [1.165, 1.54) is 0 Å². The minimum atomic E-state index is -0.0674. The van der Waals surface area contributed by atoms with E-state index < -0.39 is 0 Å². The van der Waals surface area contributed by atoms with E-state index in [1.807, 2.05) is 46.3 Å². The Morgan fingerprint density at radius 1 is 1.29 bits per heavy atom. The number of nitrogens with zero attached hydrogens (tertiary/aromatic N) is 2. The zero-order valence-corrected chi connectivity index (χ0v) is 14.5. The monoisotopic (exact) mass is 360 g/mol. The van der Waals surface area contributed by atoms with E-state index in [1.54, 1.807) is 23.7 Å². The van der Waals surface area contributed by atoms with Crippen molar-refractivity contribution in [2.45, 2.75) is 11.7 Å². The van der Waals surface area contributed by atoms with Crippen LogP contribution in [0.25, 0.3) is 10.6 Å². The van der Waals surface area contributed by atoms with Crippen LogP contribution in [-0.4, -0.2) is 34.8 Å². The summed E-state index contributed by atoms with van der Waals surface area (Å²) in [6.07, 6.45) is 2.57. The minimum absolute atomic E-state index is 0.0674. The number of amides is 1. The lowest BCUT2D eigenvalue weighted by molar-refractivity contribution is 0.0755. The second-order valence-electron chi connectivity index (χ2n) is 5.51. The maximum atomic E-state index is 12.7. The number of furan rings is 1. The fourth-order valence-corrected chi connectivity index (χ4v) is 4.60. The molecular formula is C17H16N2O3S2. The van der Waals surface area contributed by atoms with Crippen molar-refractivity contribution in [2.24, 2.45) is 0 Å². The Labute approximate surface area is 147 Å². The summed E-state index contributed by atoms with van der Waals surface area (Å²) in [5, 5.41) is 6.24. The first-order chi connectivity index (χ1) is 11.8. The highest BCUT2D eigenvalue weighted by molar-refractivity contribution is 7.99. The lowest BCUT2D eigenvalue weighted by atomic mass is 10.2. The fraction of sp³-hybridized carbons (Fsp3) is 0.294. The molecule has 3 aromatic heterocycles. The molecule has 1 amide bonds. The lowest BCUT2D eigenvalue weighted by Crippen LogP contribution is -2.33. The number of carbonyl (C=O) groups excluding carboxylic acids is 1. The second kappa shape index (κ2) is 6.86. The van der Waals surface area contributed by atoms with Crippen molar-refractivity contribution in [3.05, 3.63) is 53.4 Å². The number of thioether (sulfide) groups is 1. The van der Waals surface area contributed by atoms with Gasteiger partial charge < -0.3 is 13.8 Å². The fourth-order valence-electron chi connectivity index (χ4n) is 2.75. The molecule has 1 fully saturated rings. The van der Waals surface area contributed by atoms with Gasteiger partial charge in [-0.3, -0.25) is 4.79 Å². The molecule has 0 saturated carbocycles. The molecule has 0 spiro atoms. The van der Waals surface area contributed by atoms with Crippen LogP contribution in [0.3, 0.4) is 0 Å². The van der Waals surface area contributed by atoms with Crippen molar-refractivity contribution in [2.75, 3.05) is 18.8 Å². The van der Waals surface area contributed by atoms with Gasteiger partial charge in [-0.05, 0) is 30.0 Å². The molecular weight excluding hydrogens is 344 g/mol. The number of hydrogen-bond donors (Lipinski definition) is 0. The molecule has 1 aliphatic heterocycles. The predicted molar refractivity (Wildman–Crippen MR) is 94.2 cm³/mol. The summed E-state index contributed by atoms with van der Waals surface area (Å²) in [5.74, 6) is 2.44. The van der Waals surface area contributed by atoms with Crippen molar-refractivity contribution in [1.29, 1.82) is 0 Å². The van der Waals surface area contributed by atoms with Crippen LogP contribution in [0.2, 0.25) is 0 Å². The Morgan fingerprint density at radius 2 is 2.25 bits per heavy atom. The van der Waals surface area contributed by atoms with Crippen LogP contribution >= 0.6 is 23.1 Å². The average molecular weight is 360 g/mol. The van der Waals surface area contributed by atoms with Gasteiger partial charge in [0.25, 0.3) is 5.91 Å². The summed E-state index contributed by atoms with van der Waals surface area (Å²) in [6.45, 7) is 1.40. The van der Waals surface area contributed by atoms with Gasteiger partial charge in [0.2, 0.25) is 0 Å². The number of aromatic nitrogens is 1. The average Bonchev–Trinajstić information content (AvgIpc) is 3.33. The minimum Gasteiger partial charge on any atom is -0.468 e. The standard InChI is InChI=1S/C17H16N2O3S2/c20-17(12-11-14(22-18-12)15-4-2-9-23-15)19-6-5-16(24-10-7-19)13-3-1-8-21-13/h1-4,8-9,11,16H,5-7,10H2/t16-/m1/s1. The van der Waals surface area contributed by atoms with E-state index in [2.05, 4.69) is 5.16 Å². The maximum Gasteiger partial charge on any atom is 0.276 e. The Morgan fingerprint density at radius 3 is 3.04 bits per heavy atom. The van der Waals surface area contributed by atoms with Gasteiger partial charge in [0.1, 0.15) is 5.76 Å². The third-order valence-electron chi connectivity index (χ3n) is 3.98. The molecule has 124 valence electrons. The first kappa shape index (κ1) is 15.5. The molecule has 0 N–H and O–H groups in total. The first-order valence-electron chi connectivity index (χ1n) is 7.76. The quantitative estimate of drug-likeness (QED) is 0.696. The van der Waals surface area contributed by atoms with Crippen LogP contribution in [0.15, 0.2) is 50.9 Å². The molecule has 4 rings (SSSR count). The van der Waals surface area contributed by atoms with E-state index in [4.69, 9.17) is 8.94 Å². The van der Waals surface area contributed by atoms with E-state index in [-0.39, 0.29) is 5.91 Å². The van der Waals surface area contributed by atoms with Gasteiger partial charge in [-0.2, -0.15) is 0 Å². The molecule has 3 aromatic rings. The van der Waals surface area contributed by atoms with Crippen molar-refractivity contribution in [3.8, 4) is 10.6 Å². The third-order valence-corrected chi connectivity index (χ3v) is 6.16. The molecule has 5 nitrogen and oxygen atoms in total. The van der Waals surface area contributed by atoms with Crippen molar-refractivity contribution < 1.29 is 13.7 Å². The SMILES string of the molecule is O=C(c1cc(-c2cccs2)on1)N1CCS[C@@H](c2ccco2)CC1. The van der Waals surface area contributed by atoms with Gasteiger partial charge in [0, 0.05) is 24.9 Å². The van der Waals surface area contributed by atoms with Gasteiger partial charge in [0.15, 0.2) is 11.5 Å². The maximum absolute atomic E-state index is 12.7. The van der Waals surface area contributed by atoms with Gasteiger partial charge >= 0.3 is 0 Å². The third kappa shape index (κ3) is 3.14. The molecule has 24 heavy (non-hydrogen) atoms. The zero-order valence-electron chi connectivity index (χ0n) is 12.9. The Bertz CT molecular complexity index is 796. The van der Waals surface area contributed by atoms with Crippen LogP contribution in [0, 0.1) is 0 Å². The van der Waals surface area contributed by atoms with Crippen molar-refractivity contribution in [1.82, 2.24) is 10.1 Å². The lowest BCUT2D eigenvalue weighted by Gasteiger charge is -2.18. The summed E-state index contributed by atoms with van der Waals surface area (Å²) in [4.78, 5) is 15.5. The largest absolute Gasteiger partial charge is 0.468 e. The van der Waals surface area contributed by atoms with Gasteiger partial charge in [-0.1, -0.05) is 11.2 Å². The van der Waals surface area contributed by atoms with E-state index in [0.717, 1.165) is 22.8 Å². The summed E-state index contributed by atoms with van der Waals surface area (Å²) in [6, 6.07) is 9.54. The van der Waals surface area contributed by atoms with Crippen molar-refractivity contribution in [3.63, 3.8) is 0 Å². The Kier molecular flexibility index (Phi) is 4.44. The molecule has 0 bridgehead atoms. The highest BCUT2D eigenvalue weighted by Gasteiger charge is 2.26. The van der Waals surface area contributed by atoms with E-state index in [9.17, 15) is 4.79 Å². The van der Waals surface area contributed by atoms with Crippen LogP contribution in [0.4, 0.5) is 0 Å². The molecule has 7 heteroatoms. The molecule has 0 aromatic carbocycles. The zero-order chi connectivity index (χ0) is 16.4. The summed E-state index contributed by atoms with van der Waals surface area (Å²) >= 11 is 3.40. The highest BCUT2D eigenvalue weighted by atomic mass is 32.2. The summed E-state index contributed by atoms with van der Waals surface area (Å²) in [5.41, 5.74) is 0.375. The highest BCUT2D eigenvalue weighted by Crippen LogP contribution is 2.35. The number of carbonyl (C=O) groups is 1. The normalized spacial score (nSPS) is 18.5. The smallest absolute Gasteiger partial charge is 0.276 e. The molecule has 1 aliphatic rings. The molecule has 0 aliphatic carbocycles. The van der Waals surface area contributed by atoms with Crippen LogP contribution in [-0.2, 0) is 0 Å².